The molecule has 0 saturated carbocycles. The van der Waals surface area contributed by atoms with Crippen LogP contribution < -0.4 is 10.2 Å². The van der Waals surface area contributed by atoms with Crippen LogP contribution in [0.3, 0.4) is 0 Å². The lowest BCUT2D eigenvalue weighted by Crippen LogP contribution is -2.09. The Balaban J connectivity index is 2.01. The van der Waals surface area contributed by atoms with Gasteiger partial charge in [-0.2, -0.15) is 0 Å². The van der Waals surface area contributed by atoms with E-state index in [1.165, 1.54) is 33.5 Å². The number of anilines is 3. The molecule has 3 aromatic rings. The topological polar surface area (TPSA) is 28.2 Å². The fourth-order valence-electron chi connectivity index (χ4n) is 3.39. The maximum atomic E-state index is 4.89. The van der Waals surface area contributed by atoms with Crippen LogP contribution in [-0.2, 0) is 0 Å². The maximum absolute atomic E-state index is 4.89. The summed E-state index contributed by atoms with van der Waals surface area (Å²) in [5, 5.41) is 3.50. The lowest BCUT2D eigenvalue weighted by atomic mass is 9.98. The standard InChI is InChI=1S/C23H27N3/c1-15-9-7-10-16(2)23(15)25-21-12-8-11-20(24-21)22-17(3)13-19(26(5)6)14-18(22)4/h7-14H,1-6H3,(H,24,25). The quantitative estimate of drug-likeness (QED) is 0.648. The van der Waals surface area contributed by atoms with Crippen molar-refractivity contribution in [2.45, 2.75) is 27.7 Å². The summed E-state index contributed by atoms with van der Waals surface area (Å²) in [6.07, 6.45) is 0. The van der Waals surface area contributed by atoms with E-state index in [0.717, 1.165) is 17.2 Å². The number of nitrogens with zero attached hydrogens (tertiary/aromatic N) is 2. The van der Waals surface area contributed by atoms with Gasteiger partial charge >= 0.3 is 0 Å². The Labute approximate surface area is 156 Å². The molecule has 0 unspecified atom stereocenters. The first kappa shape index (κ1) is 18.0. The highest BCUT2D eigenvalue weighted by Gasteiger charge is 2.11. The molecule has 0 saturated heterocycles. The zero-order chi connectivity index (χ0) is 18.8. The minimum atomic E-state index is 0.871. The van der Waals surface area contributed by atoms with E-state index in [2.05, 4.69) is 94.5 Å². The molecule has 134 valence electrons. The van der Waals surface area contributed by atoms with E-state index < -0.39 is 0 Å². The molecule has 0 fully saturated rings. The van der Waals surface area contributed by atoms with Crippen LogP contribution >= 0.6 is 0 Å². The molecule has 0 aliphatic carbocycles. The molecule has 0 atom stereocenters. The molecule has 1 N–H and O–H groups in total. The molecule has 0 amide bonds. The van der Waals surface area contributed by atoms with Crippen molar-refractivity contribution in [2.24, 2.45) is 0 Å². The van der Waals surface area contributed by atoms with Crippen molar-refractivity contribution >= 4 is 17.2 Å². The fraction of sp³-hybridized carbons (Fsp3) is 0.261. The number of para-hydroxylation sites is 1. The van der Waals surface area contributed by atoms with E-state index in [0.29, 0.717) is 0 Å². The first-order valence-corrected chi connectivity index (χ1v) is 8.96. The average Bonchev–Trinajstić information content (AvgIpc) is 2.58. The number of rotatable bonds is 4. The van der Waals surface area contributed by atoms with Gasteiger partial charge in [0.2, 0.25) is 0 Å². The van der Waals surface area contributed by atoms with Gasteiger partial charge in [0.25, 0.3) is 0 Å². The first-order valence-electron chi connectivity index (χ1n) is 8.96. The van der Waals surface area contributed by atoms with E-state index in [1.54, 1.807) is 0 Å². The Hall–Kier alpha value is -2.81. The van der Waals surface area contributed by atoms with Gasteiger partial charge in [-0.1, -0.05) is 24.3 Å². The summed E-state index contributed by atoms with van der Waals surface area (Å²) in [5.41, 5.74) is 9.49. The van der Waals surface area contributed by atoms with Crippen molar-refractivity contribution in [3.05, 3.63) is 70.8 Å². The van der Waals surface area contributed by atoms with Crippen LogP contribution in [0.4, 0.5) is 17.2 Å². The van der Waals surface area contributed by atoms with Gasteiger partial charge in [0.1, 0.15) is 5.82 Å². The van der Waals surface area contributed by atoms with Crippen LogP contribution in [0, 0.1) is 27.7 Å². The molecule has 3 nitrogen and oxygen atoms in total. The Kier molecular flexibility index (Phi) is 4.99. The van der Waals surface area contributed by atoms with Gasteiger partial charge in [0.05, 0.1) is 5.69 Å². The third kappa shape index (κ3) is 3.57. The van der Waals surface area contributed by atoms with Gasteiger partial charge in [-0.25, -0.2) is 4.98 Å². The average molecular weight is 345 g/mol. The summed E-state index contributed by atoms with van der Waals surface area (Å²) in [4.78, 5) is 7.03. The van der Waals surface area contributed by atoms with E-state index in [4.69, 9.17) is 4.98 Å². The number of hydrogen-bond donors (Lipinski definition) is 1. The van der Waals surface area contributed by atoms with Crippen LogP contribution in [0.15, 0.2) is 48.5 Å². The monoisotopic (exact) mass is 345 g/mol. The number of aryl methyl sites for hydroxylation is 4. The summed E-state index contributed by atoms with van der Waals surface area (Å²) in [6.45, 7) is 8.55. The minimum absolute atomic E-state index is 0.871. The summed E-state index contributed by atoms with van der Waals surface area (Å²) < 4.78 is 0. The molecule has 3 heteroatoms. The summed E-state index contributed by atoms with van der Waals surface area (Å²) in [5.74, 6) is 0.871. The van der Waals surface area contributed by atoms with E-state index in [1.807, 2.05) is 6.07 Å². The zero-order valence-corrected chi connectivity index (χ0v) is 16.5. The van der Waals surface area contributed by atoms with Gasteiger partial charge < -0.3 is 10.2 Å². The number of nitrogens with one attached hydrogen (secondary N) is 1. The van der Waals surface area contributed by atoms with Crippen molar-refractivity contribution in [3.8, 4) is 11.3 Å². The van der Waals surface area contributed by atoms with Gasteiger partial charge in [0, 0.05) is 31.0 Å². The Morgan fingerprint density at radius 3 is 1.92 bits per heavy atom. The third-order valence-corrected chi connectivity index (χ3v) is 4.77. The Morgan fingerprint density at radius 2 is 1.35 bits per heavy atom. The predicted octanol–water partition coefficient (Wildman–Crippen LogP) is 5.79. The Morgan fingerprint density at radius 1 is 0.769 bits per heavy atom. The lowest BCUT2D eigenvalue weighted by Gasteiger charge is -2.18. The second-order valence-electron chi connectivity index (χ2n) is 7.15. The van der Waals surface area contributed by atoms with E-state index in [-0.39, 0.29) is 0 Å². The molecule has 26 heavy (non-hydrogen) atoms. The number of pyridine rings is 1. The maximum Gasteiger partial charge on any atom is 0.131 e. The van der Waals surface area contributed by atoms with E-state index in [9.17, 15) is 0 Å². The second-order valence-corrected chi connectivity index (χ2v) is 7.15. The first-order chi connectivity index (χ1) is 12.4. The highest BCUT2D eigenvalue weighted by molar-refractivity contribution is 5.73. The van der Waals surface area contributed by atoms with Crippen molar-refractivity contribution in [1.82, 2.24) is 4.98 Å². The van der Waals surface area contributed by atoms with Crippen LogP contribution in [0.5, 0.6) is 0 Å². The SMILES string of the molecule is Cc1cccc(C)c1Nc1cccc(-c2c(C)cc(N(C)C)cc2C)n1. The molecule has 0 aliphatic rings. The summed E-state index contributed by atoms with van der Waals surface area (Å²) in [6, 6.07) is 16.9. The molecule has 1 aromatic heterocycles. The number of hydrogen-bond acceptors (Lipinski definition) is 3. The van der Waals surface area contributed by atoms with Crippen LogP contribution in [0.1, 0.15) is 22.3 Å². The van der Waals surface area contributed by atoms with Gasteiger partial charge in [-0.15, -0.1) is 0 Å². The molecule has 3 rings (SSSR count). The Bertz CT molecular complexity index is 899. The van der Waals surface area contributed by atoms with Crippen molar-refractivity contribution in [1.29, 1.82) is 0 Å². The van der Waals surface area contributed by atoms with Crippen molar-refractivity contribution < 1.29 is 0 Å². The van der Waals surface area contributed by atoms with Crippen LogP contribution in [-0.4, -0.2) is 19.1 Å². The molecular formula is C23H27N3. The highest BCUT2D eigenvalue weighted by Crippen LogP contribution is 2.31. The second kappa shape index (κ2) is 7.20. The third-order valence-electron chi connectivity index (χ3n) is 4.77. The fourth-order valence-corrected chi connectivity index (χ4v) is 3.39. The smallest absolute Gasteiger partial charge is 0.131 e. The number of benzene rings is 2. The lowest BCUT2D eigenvalue weighted by molar-refractivity contribution is 1.12. The summed E-state index contributed by atoms with van der Waals surface area (Å²) >= 11 is 0. The van der Waals surface area contributed by atoms with Gasteiger partial charge in [-0.3, -0.25) is 0 Å². The number of aromatic nitrogens is 1. The van der Waals surface area contributed by atoms with Gasteiger partial charge in [-0.05, 0) is 74.2 Å². The van der Waals surface area contributed by atoms with E-state index >= 15 is 0 Å². The molecule has 0 bridgehead atoms. The molecule has 0 aliphatic heterocycles. The van der Waals surface area contributed by atoms with Crippen LogP contribution in [0.2, 0.25) is 0 Å². The van der Waals surface area contributed by atoms with Crippen molar-refractivity contribution in [2.75, 3.05) is 24.3 Å². The van der Waals surface area contributed by atoms with Crippen LogP contribution in [0.25, 0.3) is 11.3 Å². The molecule has 0 radical (unpaired) electrons. The normalized spacial score (nSPS) is 10.7. The predicted molar refractivity (Wildman–Crippen MR) is 113 cm³/mol. The molecule has 0 spiro atoms. The highest BCUT2D eigenvalue weighted by atomic mass is 15.1. The van der Waals surface area contributed by atoms with Crippen molar-refractivity contribution in [3.63, 3.8) is 0 Å². The molecular weight excluding hydrogens is 318 g/mol. The largest absolute Gasteiger partial charge is 0.378 e. The minimum Gasteiger partial charge on any atom is -0.378 e. The zero-order valence-electron chi connectivity index (χ0n) is 16.5. The molecule has 2 aromatic carbocycles. The molecule has 1 heterocycles. The summed E-state index contributed by atoms with van der Waals surface area (Å²) in [7, 11) is 4.14. The van der Waals surface area contributed by atoms with Gasteiger partial charge in [0.15, 0.2) is 0 Å².